The van der Waals surface area contributed by atoms with Crippen LogP contribution in [0.1, 0.15) is 78.8 Å². The van der Waals surface area contributed by atoms with Crippen molar-refractivity contribution in [3.8, 4) is 0 Å². The highest BCUT2D eigenvalue weighted by Crippen LogP contribution is 2.38. The Bertz CT molecular complexity index is 876. The van der Waals surface area contributed by atoms with Gasteiger partial charge in [0.25, 0.3) is 0 Å². The summed E-state index contributed by atoms with van der Waals surface area (Å²) in [5, 5.41) is 19.1. The van der Waals surface area contributed by atoms with Crippen molar-refractivity contribution in [3.05, 3.63) is 52.1 Å². The maximum atomic E-state index is 11.7. The van der Waals surface area contributed by atoms with Gasteiger partial charge >= 0.3 is 11.9 Å². The number of carbonyl (C=O) groups is 2. The molecule has 156 valence electrons. The molecule has 1 aliphatic rings. The fraction of sp³-hybridized carbons (Fsp3) is 0.500. The summed E-state index contributed by atoms with van der Waals surface area (Å²) in [6.45, 7) is 2.44. The third-order valence-corrected chi connectivity index (χ3v) is 6.06. The summed E-state index contributed by atoms with van der Waals surface area (Å²) in [5.41, 5.74) is 1.99. The average Bonchev–Trinajstić information content (AvgIpc) is 3.02. The van der Waals surface area contributed by atoms with E-state index in [0.29, 0.717) is 18.8 Å². The SMILES string of the molecule is CCCCc1nc(Cl)c(C(=O)O)n1Cc1ccc([C@@H]2CCCC[C@H]2C(=O)O)cc1. The van der Waals surface area contributed by atoms with E-state index in [1.54, 1.807) is 4.57 Å². The van der Waals surface area contributed by atoms with Gasteiger partial charge in [-0.05, 0) is 36.3 Å². The molecule has 0 aliphatic heterocycles. The van der Waals surface area contributed by atoms with Crippen LogP contribution >= 0.6 is 11.6 Å². The second-order valence-corrected chi connectivity index (χ2v) is 8.10. The molecule has 1 aromatic heterocycles. The molecule has 1 heterocycles. The monoisotopic (exact) mass is 418 g/mol. The van der Waals surface area contributed by atoms with Gasteiger partial charge in [-0.3, -0.25) is 4.79 Å². The van der Waals surface area contributed by atoms with E-state index in [1.165, 1.54) is 0 Å². The third-order valence-electron chi connectivity index (χ3n) is 5.79. The van der Waals surface area contributed by atoms with Crippen molar-refractivity contribution in [3.63, 3.8) is 0 Å². The highest BCUT2D eigenvalue weighted by atomic mass is 35.5. The molecular weight excluding hydrogens is 392 g/mol. The van der Waals surface area contributed by atoms with E-state index in [-0.39, 0.29) is 22.7 Å². The van der Waals surface area contributed by atoms with Gasteiger partial charge in [0.15, 0.2) is 10.8 Å². The van der Waals surface area contributed by atoms with Crippen LogP contribution in [0.3, 0.4) is 0 Å². The van der Waals surface area contributed by atoms with Crippen LogP contribution in [-0.4, -0.2) is 31.7 Å². The Morgan fingerprint density at radius 2 is 1.86 bits per heavy atom. The topological polar surface area (TPSA) is 92.4 Å². The molecule has 7 heteroatoms. The molecule has 0 bridgehead atoms. The lowest BCUT2D eigenvalue weighted by molar-refractivity contribution is -0.143. The molecule has 6 nitrogen and oxygen atoms in total. The van der Waals surface area contributed by atoms with Crippen molar-refractivity contribution in [2.45, 2.75) is 64.3 Å². The fourth-order valence-corrected chi connectivity index (χ4v) is 4.53. The summed E-state index contributed by atoms with van der Waals surface area (Å²) >= 11 is 6.09. The molecule has 2 aromatic rings. The lowest BCUT2D eigenvalue weighted by atomic mass is 9.75. The summed E-state index contributed by atoms with van der Waals surface area (Å²) in [6, 6.07) is 7.86. The molecule has 0 radical (unpaired) electrons. The first-order valence-electron chi connectivity index (χ1n) is 10.2. The minimum Gasteiger partial charge on any atom is -0.481 e. The number of carboxylic acid groups (broad SMARTS) is 2. The molecule has 0 spiro atoms. The Labute approximate surface area is 175 Å². The maximum Gasteiger partial charge on any atom is 0.355 e. The van der Waals surface area contributed by atoms with Crippen LogP contribution in [0.4, 0.5) is 0 Å². The van der Waals surface area contributed by atoms with Crippen LogP contribution in [0.2, 0.25) is 5.15 Å². The Kier molecular flexibility index (Phi) is 6.96. The number of halogens is 1. The van der Waals surface area contributed by atoms with Gasteiger partial charge in [0, 0.05) is 13.0 Å². The molecule has 1 fully saturated rings. The Morgan fingerprint density at radius 1 is 1.17 bits per heavy atom. The molecular formula is C22H27ClN2O4. The van der Waals surface area contributed by atoms with Gasteiger partial charge in [-0.15, -0.1) is 0 Å². The van der Waals surface area contributed by atoms with Crippen molar-refractivity contribution in [2.24, 2.45) is 5.92 Å². The van der Waals surface area contributed by atoms with Crippen LogP contribution in [0.25, 0.3) is 0 Å². The number of unbranched alkanes of at least 4 members (excludes halogenated alkanes) is 1. The van der Waals surface area contributed by atoms with Crippen LogP contribution in [-0.2, 0) is 17.8 Å². The number of imidazole rings is 1. The number of benzene rings is 1. The molecule has 0 saturated heterocycles. The minimum absolute atomic E-state index is 0.0140. The Balaban J connectivity index is 1.84. The highest BCUT2D eigenvalue weighted by molar-refractivity contribution is 6.32. The molecule has 1 aliphatic carbocycles. The van der Waals surface area contributed by atoms with Crippen LogP contribution < -0.4 is 0 Å². The quantitative estimate of drug-likeness (QED) is 0.630. The summed E-state index contributed by atoms with van der Waals surface area (Å²) < 4.78 is 1.68. The van der Waals surface area contributed by atoms with Crippen LogP contribution in [0, 0.1) is 5.92 Å². The summed E-state index contributed by atoms with van der Waals surface area (Å²) in [4.78, 5) is 27.5. The molecule has 1 aromatic carbocycles. The number of aliphatic carboxylic acids is 1. The predicted molar refractivity (Wildman–Crippen MR) is 111 cm³/mol. The number of hydrogen-bond donors (Lipinski definition) is 2. The molecule has 3 rings (SSSR count). The number of rotatable bonds is 8. The van der Waals surface area contributed by atoms with Crippen molar-refractivity contribution in [1.29, 1.82) is 0 Å². The normalized spacial score (nSPS) is 19.2. The maximum absolute atomic E-state index is 11.7. The molecule has 29 heavy (non-hydrogen) atoms. The molecule has 0 unspecified atom stereocenters. The second kappa shape index (κ2) is 9.44. The zero-order valence-electron chi connectivity index (χ0n) is 16.6. The highest BCUT2D eigenvalue weighted by Gasteiger charge is 2.31. The Morgan fingerprint density at radius 3 is 2.48 bits per heavy atom. The zero-order chi connectivity index (χ0) is 21.0. The van der Waals surface area contributed by atoms with E-state index < -0.39 is 11.9 Å². The molecule has 2 atom stereocenters. The number of carboxylic acids is 2. The van der Waals surface area contributed by atoms with E-state index >= 15 is 0 Å². The number of aryl methyl sites for hydroxylation is 1. The standard InChI is InChI=1S/C22H27ClN2O4/c1-2-3-8-18-24-20(23)19(22(28)29)25(18)13-14-9-11-15(12-10-14)16-6-4-5-7-17(16)21(26)27/h9-12,16-17H,2-8,13H2,1H3,(H,26,27)(H,28,29)/t16-,17+/m0/s1. The number of nitrogens with zero attached hydrogens (tertiary/aromatic N) is 2. The number of aromatic carboxylic acids is 1. The first kappa shape index (κ1) is 21.4. The Hall–Kier alpha value is -2.34. The van der Waals surface area contributed by atoms with E-state index in [4.69, 9.17) is 11.6 Å². The predicted octanol–water partition coefficient (Wildman–Crippen LogP) is 4.98. The van der Waals surface area contributed by atoms with E-state index in [2.05, 4.69) is 11.9 Å². The first-order chi connectivity index (χ1) is 13.9. The van der Waals surface area contributed by atoms with E-state index in [9.17, 15) is 19.8 Å². The van der Waals surface area contributed by atoms with Gasteiger partial charge in [0.05, 0.1) is 5.92 Å². The first-order valence-corrected chi connectivity index (χ1v) is 10.6. The summed E-state index contributed by atoms with van der Waals surface area (Å²) in [7, 11) is 0. The number of hydrogen-bond acceptors (Lipinski definition) is 3. The average molecular weight is 419 g/mol. The number of aromatic nitrogens is 2. The minimum atomic E-state index is -1.09. The van der Waals surface area contributed by atoms with E-state index in [0.717, 1.165) is 49.7 Å². The van der Waals surface area contributed by atoms with Crippen molar-refractivity contribution in [2.75, 3.05) is 0 Å². The summed E-state index contributed by atoms with van der Waals surface area (Å²) in [6.07, 6.45) is 6.18. The van der Waals surface area contributed by atoms with Gasteiger partial charge in [0.2, 0.25) is 0 Å². The second-order valence-electron chi connectivity index (χ2n) is 7.74. The van der Waals surface area contributed by atoms with Gasteiger partial charge in [-0.25, -0.2) is 9.78 Å². The zero-order valence-corrected chi connectivity index (χ0v) is 17.4. The largest absolute Gasteiger partial charge is 0.481 e. The smallest absolute Gasteiger partial charge is 0.355 e. The van der Waals surface area contributed by atoms with Gasteiger partial charge in [0.1, 0.15) is 5.82 Å². The van der Waals surface area contributed by atoms with E-state index in [1.807, 2.05) is 24.3 Å². The van der Waals surface area contributed by atoms with Gasteiger partial charge < -0.3 is 14.8 Å². The fourth-order valence-electron chi connectivity index (χ4n) is 4.25. The summed E-state index contributed by atoms with van der Waals surface area (Å²) in [5.74, 6) is -1.43. The van der Waals surface area contributed by atoms with Crippen LogP contribution in [0.5, 0.6) is 0 Å². The third kappa shape index (κ3) is 4.81. The molecule has 0 amide bonds. The molecule has 1 saturated carbocycles. The molecule has 2 N–H and O–H groups in total. The lowest BCUT2D eigenvalue weighted by Crippen LogP contribution is -2.25. The van der Waals surface area contributed by atoms with Crippen molar-refractivity contribution in [1.82, 2.24) is 9.55 Å². The van der Waals surface area contributed by atoms with Crippen molar-refractivity contribution < 1.29 is 19.8 Å². The van der Waals surface area contributed by atoms with Gasteiger partial charge in [-0.2, -0.15) is 0 Å². The van der Waals surface area contributed by atoms with Crippen molar-refractivity contribution >= 4 is 23.5 Å². The van der Waals surface area contributed by atoms with Gasteiger partial charge in [-0.1, -0.05) is 62.1 Å². The van der Waals surface area contributed by atoms with Crippen LogP contribution in [0.15, 0.2) is 24.3 Å². The lowest BCUT2D eigenvalue weighted by Gasteiger charge is -2.29.